The summed E-state index contributed by atoms with van der Waals surface area (Å²) in [4.78, 5) is 4.38. The van der Waals surface area contributed by atoms with E-state index in [9.17, 15) is 0 Å². The van der Waals surface area contributed by atoms with Gasteiger partial charge in [-0.15, -0.1) is 35.0 Å². The molecular formula is C13H8IrN-. The van der Waals surface area contributed by atoms with Crippen molar-refractivity contribution in [1.82, 2.24) is 4.98 Å². The van der Waals surface area contributed by atoms with Gasteiger partial charge in [0, 0.05) is 26.3 Å². The van der Waals surface area contributed by atoms with E-state index in [0.29, 0.717) is 0 Å². The topological polar surface area (TPSA) is 12.9 Å². The Balaban J connectivity index is 0.000000853. The van der Waals surface area contributed by atoms with Gasteiger partial charge in [-0.05, 0) is 17.0 Å². The largest absolute Gasteiger partial charge is 0.304 e. The molecule has 3 rings (SSSR count). The number of aromatic nitrogens is 1. The van der Waals surface area contributed by atoms with Crippen molar-refractivity contribution in [2.45, 2.75) is 0 Å². The van der Waals surface area contributed by atoms with E-state index < -0.39 is 0 Å². The summed E-state index contributed by atoms with van der Waals surface area (Å²) in [5.74, 6) is 0. The minimum atomic E-state index is 0. The molecule has 1 heterocycles. The summed E-state index contributed by atoms with van der Waals surface area (Å²) >= 11 is 0. The molecule has 2 aromatic carbocycles. The third kappa shape index (κ3) is 1.67. The normalized spacial score (nSPS) is 10.1. The molecule has 0 unspecified atom stereocenters. The third-order valence-electron chi connectivity index (χ3n) is 2.41. The maximum absolute atomic E-state index is 4.38. The average molecular weight is 370 g/mol. The Kier molecular flexibility index (Phi) is 2.81. The van der Waals surface area contributed by atoms with Gasteiger partial charge in [0.15, 0.2) is 0 Å². The Labute approximate surface area is 101 Å². The number of hydrogen-bond donors (Lipinski definition) is 0. The van der Waals surface area contributed by atoms with Crippen LogP contribution in [0.5, 0.6) is 0 Å². The fourth-order valence-corrected chi connectivity index (χ4v) is 1.73. The van der Waals surface area contributed by atoms with Crippen LogP contribution in [0.1, 0.15) is 0 Å². The van der Waals surface area contributed by atoms with Gasteiger partial charge in [-0.25, -0.2) is 0 Å². The van der Waals surface area contributed by atoms with Gasteiger partial charge in [-0.3, -0.25) is 0 Å². The Hall–Kier alpha value is -1.24. The first-order valence-corrected chi connectivity index (χ1v) is 4.59. The fraction of sp³-hybridized carbons (Fsp3) is 0. The minimum Gasteiger partial charge on any atom is -0.304 e. The summed E-state index contributed by atoms with van der Waals surface area (Å²) < 4.78 is 0. The van der Waals surface area contributed by atoms with Gasteiger partial charge in [0.2, 0.25) is 0 Å². The van der Waals surface area contributed by atoms with Gasteiger partial charge in [0.25, 0.3) is 0 Å². The number of nitrogens with zero attached hydrogens (tertiary/aromatic N) is 1. The van der Waals surface area contributed by atoms with Gasteiger partial charge in [-0.1, -0.05) is 18.2 Å². The van der Waals surface area contributed by atoms with E-state index >= 15 is 0 Å². The molecule has 0 atom stereocenters. The van der Waals surface area contributed by atoms with Gasteiger partial charge in [0.1, 0.15) is 0 Å². The van der Waals surface area contributed by atoms with E-state index in [4.69, 9.17) is 0 Å². The molecule has 0 amide bonds. The van der Waals surface area contributed by atoms with Crippen molar-refractivity contribution in [3.8, 4) is 0 Å². The Bertz CT molecular complexity index is 550. The standard InChI is InChI=1S/C13H8N.Ir/c1-2-6-12-10(4-1)7-8-11-5-3-9-14-13(11)12;/h1-5,7-9H;/q-1;. The zero-order valence-corrected chi connectivity index (χ0v) is 10.3. The summed E-state index contributed by atoms with van der Waals surface area (Å²) in [5.41, 5.74) is 1.03. The molecule has 1 nitrogen and oxygen atoms in total. The molecule has 0 spiro atoms. The zero-order valence-electron chi connectivity index (χ0n) is 7.90. The van der Waals surface area contributed by atoms with Crippen LogP contribution in [0.15, 0.2) is 48.7 Å². The second-order valence-electron chi connectivity index (χ2n) is 3.28. The third-order valence-corrected chi connectivity index (χ3v) is 2.41. The number of rotatable bonds is 0. The molecule has 0 aliphatic carbocycles. The predicted octanol–water partition coefficient (Wildman–Crippen LogP) is 3.19. The van der Waals surface area contributed by atoms with Gasteiger partial charge >= 0.3 is 0 Å². The summed E-state index contributed by atoms with van der Waals surface area (Å²) in [7, 11) is 0. The molecule has 0 aliphatic rings. The van der Waals surface area contributed by atoms with Crippen molar-refractivity contribution in [1.29, 1.82) is 0 Å². The van der Waals surface area contributed by atoms with Crippen LogP contribution in [0.25, 0.3) is 21.7 Å². The van der Waals surface area contributed by atoms with Crippen molar-refractivity contribution in [2.75, 3.05) is 0 Å². The number of benzene rings is 2. The molecule has 15 heavy (non-hydrogen) atoms. The molecule has 3 aromatic rings. The molecule has 0 saturated carbocycles. The van der Waals surface area contributed by atoms with E-state index in [0.717, 1.165) is 10.9 Å². The van der Waals surface area contributed by atoms with Crippen LogP contribution >= 0.6 is 0 Å². The molecule has 2 heteroatoms. The molecule has 0 N–H and O–H groups in total. The number of pyridine rings is 1. The van der Waals surface area contributed by atoms with Crippen LogP contribution < -0.4 is 0 Å². The summed E-state index contributed by atoms with van der Waals surface area (Å²) in [6, 6.07) is 17.5. The maximum Gasteiger partial charge on any atom is 0.0161 e. The quantitative estimate of drug-likeness (QED) is 0.438. The minimum absolute atomic E-state index is 0. The Morgan fingerprint density at radius 1 is 0.933 bits per heavy atom. The second kappa shape index (κ2) is 4.09. The van der Waals surface area contributed by atoms with Crippen molar-refractivity contribution < 1.29 is 20.1 Å². The molecule has 0 saturated heterocycles. The van der Waals surface area contributed by atoms with E-state index in [1.807, 2.05) is 24.4 Å². The van der Waals surface area contributed by atoms with E-state index in [-0.39, 0.29) is 20.1 Å². The molecule has 0 bridgehead atoms. The van der Waals surface area contributed by atoms with Crippen molar-refractivity contribution in [3.05, 3.63) is 54.7 Å². The predicted molar refractivity (Wildman–Crippen MR) is 58.1 cm³/mol. The monoisotopic (exact) mass is 371 g/mol. The first-order valence-electron chi connectivity index (χ1n) is 4.59. The van der Waals surface area contributed by atoms with Crippen molar-refractivity contribution in [2.24, 2.45) is 0 Å². The van der Waals surface area contributed by atoms with Crippen LogP contribution in [0, 0.1) is 6.07 Å². The first kappa shape index (κ1) is 10.3. The summed E-state index contributed by atoms with van der Waals surface area (Å²) in [6.07, 6.45) is 1.82. The average Bonchev–Trinajstić information content (AvgIpc) is 2.29. The number of fused-ring (bicyclic) bond motifs is 3. The smallest absolute Gasteiger partial charge is 0.0161 e. The molecule has 75 valence electrons. The molecular weight excluding hydrogens is 362 g/mol. The van der Waals surface area contributed by atoms with Crippen LogP contribution in [0.3, 0.4) is 0 Å². The van der Waals surface area contributed by atoms with Gasteiger partial charge < -0.3 is 4.98 Å². The van der Waals surface area contributed by atoms with E-state index in [1.165, 1.54) is 10.8 Å². The van der Waals surface area contributed by atoms with Gasteiger partial charge in [-0.2, -0.15) is 0 Å². The molecule has 0 aliphatic heterocycles. The second-order valence-corrected chi connectivity index (χ2v) is 3.28. The molecule has 1 aromatic heterocycles. The van der Waals surface area contributed by atoms with Crippen LogP contribution in [-0.4, -0.2) is 4.98 Å². The van der Waals surface area contributed by atoms with Crippen molar-refractivity contribution >= 4 is 21.7 Å². The summed E-state index contributed by atoms with van der Waals surface area (Å²) in [5, 5.41) is 3.46. The van der Waals surface area contributed by atoms with Crippen molar-refractivity contribution in [3.63, 3.8) is 0 Å². The zero-order chi connectivity index (χ0) is 9.38. The fourth-order valence-electron chi connectivity index (χ4n) is 1.73. The van der Waals surface area contributed by atoms with Crippen LogP contribution in [0.2, 0.25) is 0 Å². The summed E-state index contributed by atoms with van der Waals surface area (Å²) in [6.45, 7) is 0. The maximum atomic E-state index is 4.38. The Morgan fingerprint density at radius 3 is 2.67 bits per heavy atom. The first-order chi connectivity index (χ1) is 6.95. The van der Waals surface area contributed by atoms with E-state index in [2.05, 4.69) is 35.3 Å². The SMILES string of the molecule is [Ir].[c-]1cccc2ccc3cccnc3c12. The number of hydrogen-bond acceptors (Lipinski definition) is 1. The van der Waals surface area contributed by atoms with Crippen LogP contribution in [-0.2, 0) is 20.1 Å². The Morgan fingerprint density at radius 2 is 1.73 bits per heavy atom. The van der Waals surface area contributed by atoms with Crippen LogP contribution in [0.4, 0.5) is 0 Å². The van der Waals surface area contributed by atoms with E-state index in [1.54, 1.807) is 0 Å². The van der Waals surface area contributed by atoms with Gasteiger partial charge in [0.05, 0.1) is 0 Å². The molecule has 1 radical (unpaired) electrons. The molecule has 0 fully saturated rings.